The zero-order chi connectivity index (χ0) is 26.5. The van der Waals surface area contributed by atoms with E-state index in [9.17, 15) is 22.5 Å². The Kier molecular flexibility index (Phi) is 7.90. The number of para-hydroxylation sites is 2. The van der Waals surface area contributed by atoms with Crippen LogP contribution in [0.2, 0.25) is 0 Å². The van der Waals surface area contributed by atoms with Crippen molar-refractivity contribution in [3.05, 3.63) is 119 Å². The first-order chi connectivity index (χ1) is 17.6. The molecule has 0 atom stereocenters. The van der Waals surface area contributed by atoms with Crippen LogP contribution in [0.5, 0.6) is 17.2 Å². The topological polar surface area (TPSA) is 73.9 Å². The standard InChI is InChI=1S/C26H18BrF3NO5P/c27-19-13-16-24(23(17-19)25(32)31-20-14-11-18(12-15-20)26(28,29)30)36-37(33,34-21-7-3-1-4-8-21)35-22-9-5-2-6-10-22/h1-17H,(H,31,32). The third-order valence-corrected chi connectivity index (χ3v) is 6.57. The van der Waals surface area contributed by atoms with Crippen LogP contribution >= 0.6 is 23.8 Å². The van der Waals surface area contributed by atoms with Crippen molar-refractivity contribution in [3.8, 4) is 17.2 Å². The van der Waals surface area contributed by atoms with E-state index in [0.717, 1.165) is 24.3 Å². The van der Waals surface area contributed by atoms with Gasteiger partial charge in [0, 0.05) is 10.2 Å². The average molecular weight is 592 g/mol. The van der Waals surface area contributed by atoms with E-state index in [1.165, 1.54) is 12.1 Å². The first kappa shape index (κ1) is 26.3. The third-order valence-electron chi connectivity index (χ3n) is 4.79. The fourth-order valence-electron chi connectivity index (χ4n) is 3.10. The number of carbonyl (C=O) groups excluding carboxylic acids is 1. The lowest BCUT2D eigenvalue weighted by molar-refractivity contribution is -0.137. The van der Waals surface area contributed by atoms with Crippen molar-refractivity contribution in [2.24, 2.45) is 0 Å². The van der Waals surface area contributed by atoms with Crippen LogP contribution in [0.25, 0.3) is 0 Å². The lowest BCUT2D eigenvalue weighted by Crippen LogP contribution is -2.15. The highest BCUT2D eigenvalue weighted by atomic mass is 79.9. The summed E-state index contributed by atoms with van der Waals surface area (Å²) in [5.41, 5.74) is -0.801. The van der Waals surface area contributed by atoms with Gasteiger partial charge in [-0.15, -0.1) is 0 Å². The Morgan fingerprint density at radius 3 is 1.81 bits per heavy atom. The maximum atomic E-state index is 13.8. The van der Waals surface area contributed by atoms with Crippen LogP contribution in [0, 0.1) is 0 Å². The lowest BCUT2D eigenvalue weighted by Gasteiger charge is -2.21. The molecule has 37 heavy (non-hydrogen) atoms. The molecule has 1 N–H and O–H groups in total. The summed E-state index contributed by atoms with van der Waals surface area (Å²) >= 11 is 3.28. The summed E-state index contributed by atoms with van der Waals surface area (Å²) < 4.78 is 69.7. The Morgan fingerprint density at radius 1 is 0.757 bits per heavy atom. The van der Waals surface area contributed by atoms with E-state index >= 15 is 0 Å². The molecule has 0 heterocycles. The van der Waals surface area contributed by atoms with Crippen molar-refractivity contribution >= 4 is 35.3 Å². The molecule has 0 aliphatic heterocycles. The molecule has 4 rings (SSSR count). The number of carbonyl (C=O) groups is 1. The third kappa shape index (κ3) is 7.15. The lowest BCUT2D eigenvalue weighted by atomic mass is 10.1. The molecule has 1 amide bonds. The zero-order valence-corrected chi connectivity index (χ0v) is 21.3. The molecule has 0 unspecified atom stereocenters. The number of benzene rings is 4. The van der Waals surface area contributed by atoms with Gasteiger partial charge in [-0.05, 0) is 66.7 Å². The van der Waals surface area contributed by atoms with E-state index in [1.807, 2.05) is 0 Å². The van der Waals surface area contributed by atoms with Crippen LogP contribution in [-0.2, 0) is 10.7 Å². The Labute approximate surface area is 218 Å². The monoisotopic (exact) mass is 591 g/mol. The largest absolute Gasteiger partial charge is 0.647 e. The summed E-state index contributed by atoms with van der Waals surface area (Å²) in [5, 5.41) is 2.51. The minimum Gasteiger partial charge on any atom is -0.386 e. The van der Waals surface area contributed by atoms with Gasteiger partial charge in [0.1, 0.15) is 17.2 Å². The van der Waals surface area contributed by atoms with Gasteiger partial charge < -0.3 is 18.9 Å². The minimum absolute atomic E-state index is 0.0668. The quantitative estimate of drug-likeness (QED) is 0.208. The van der Waals surface area contributed by atoms with E-state index in [0.29, 0.717) is 4.47 Å². The summed E-state index contributed by atoms with van der Waals surface area (Å²) in [6.07, 6.45) is -4.51. The number of halogens is 4. The summed E-state index contributed by atoms with van der Waals surface area (Å²) in [6, 6.07) is 24.7. The van der Waals surface area contributed by atoms with Crippen LogP contribution < -0.4 is 18.9 Å². The second-order valence-corrected chi connectivity index (χ2v) is 9.87. The number of amides is 1. The van der Waals surface area contributed by atoms with Gasteiger partial charge in [-0.2, -0.15) is 17.7 Å². The fourth-order valence-corrected chi connectivity index (χ4v) is 4.73. The Morgan fingerprint density at radius 2 is 1.30 bits per heavy atom. The molecule has 0 radical (unpaired) electrons. The maximum absolute atomic E-state index is 13.8. The van der Waals surface area contributed by atoms with Crippen molar-refractivity contribution in [2.45, 2.75) is 6.18 Å². The second kappa shape index (κ2) is 11.1. The molecule has 0 fully saturated rings. The summed E-state index contributed by atoms with van der Waals surface area (Å²) in [5.74, 6) is -0.450. The molecular formula is C26H18BrF3NO5P. The number of alkyl halides is 3. The van der Waals surface area contributed by atoms with Gasteiger partial charge in [0.15, 0.2) is 0 Å². The first-order valence-electron chi connectivity index (χ1n) is 10.7. The van der Waals surface area contributed by atoms with Crippen LogP contribution in [-0.4, -0.2) is 5.91 Å². The Balaban J connectivity index is 1.63. The van der Waals surface area contributed by atoms with Gasteiger partial charge in [-0.3, -0.25) is 4.79 Å². The van der Waals surface area contributed by atoms with Crippen molar-refractivity contribution in [1.82, 2.24) is 0 Å². The number of hydrogen-bond acceptors (Lipinski definition) is 5. The minimum atomic E-state index is -4.51. The second-order valence-electron chi connectivity index (χ2n) is 7.52. The van der Waals surface area contributed by atoms with E-state index in [2.05, 4.69) is 21.2 Å². The molecule has 0 aliphatic rings. The summed E-state index contributed by atoms with van der Waals surface area (Å²) in [7, 11) is -4.39. The van der Waals surface area contributed by atoms with Gasteiger partial charge in [0.2, 0.25) is 0 Å². The molecule has 190 valence electrons. The predicted molar refractivity (Wildman–Crippen MR) is 136 cm³/mol. The Bertz CT molecular complexity index is 1370. The molecular weight excluding hydrogens is 574 g/mol. The molecule has 11 heteroatoms. The number of hydrogen-bond donors (Lipinski definition) is 1. The van der Waals surface area contributed by atoms with E-state index in [-0.39, 0.29) is 28.5 Å². The van der Waals surface area contributed by atoms with Gasteiger partial charge in [0.05, 0.1) is 11.1 Å². The SMILES string of the molecule is O=C(Nc1ccc(C(F)(F)F)cc1)c1cc(Br)ccc1OP(=O)(Oc1ccccc1)Oc1ccccc1. The van der Waals surface area contributed by atoms with Crippen LogP contribution in [0.3, 0.4) is 0 Å². The number of phosphoric acid groups is 1. The molecule has 0 saturated carbocycles. The molecule has 4 aromatic carbocycles. The fraction of sp³-hybridized carbons (Fsp3) is 0.0385. The van der Waals surface area contributed by atoms with Crippen LogP contribution in [0.4, 0.5) is 18.9 Å². The highest BCUT2D eigenvalue weighted by molar-refractivity contribution is 9.10. The molecule has 0 bridgehead atoms. The van der Waals surface area contributed by atoms with Gasteiger partial charge >= 0.3 is 14.0 Å². The van der Waals surface area contributed by atoms with E-state index in [1.54, 1.807) is 66.7 Å². The molecule has 6 nitrogen and oxygen atoms in total. The first-order valence-corrected chi connectivity index (χ1v) is 12.9. The van der Waals surface area contributed by atoms with Gasteiger partial charge in [-0.1, -0.05) is 52.3 Å². The predicted octanol–water partition coefficient (Wildman–Crippen LogP) is 8.37. The highest BCUT2D eigenvalue weighted by Gasteiger charge is 2.35. The van der Waals surface area contributed by atoms with Crippen molar-refractivity contribution in [1.29, 1.82) is 0 Å². The highest BCUT2D eigenvalue weighted by Crippen LogP contribution is 2.50. The van der Waals surface area contributed by atoms with Crippen molar-refractivity contribution in [2.75, 3.05) is 5.32 Å². The Hall–Kier alpha value is -3.75. The van der Waals surface area contributed by atoms with Gasteiger partial charge in [0.25, 0.3) is 5.91 Å². The number of phosphoric ester groups is 1. The van der Waals surface area contributed by atoms with Crippen molar-refractivity contribution in [3.63, 3.8) is 0 Å². The molecule has 0 spiro atoms. The number of rotatable bonds is 8. The number of nitrogens with one attached hydrogen (secondary N) is 1. The molecule has 4 aromatic rings. The van der Waals surface area contributed by atoms with E-state index in [4.69, 9.17) is 13.6 Å². The van der Waals surface area contributed by atoms with Crippen molar-refractivity contribution < 1.29 is 36.1 Å². The van der Waals surface area contributed by atoms with Crippen LogP contribution in [0.15, 0.2) is 108 Å². The average Bonchev–Trinajstić information content (AvgIpc) is 2.86. The summed E-state index contributed by atoms with van der Waals surface area (Å²) in [6.45, 7) is 0. The normalized spacial score (nSPS) is 11.5. The van der Waals surface area contributed by atoms with E-state index < -0.39 is 25.5 Å². The summed E-state index contributed by atoms with van der Waals surface area (Å²) in [4.78, 5) is 13.1. The van der Waals surface area contributed by atoms with Crippen LogP contribution in [0.1, 0.15) is 15.9 Å². The van der Waals surface area contributed by atoms with Gasteiger partial charge in [-0.25, -0.2) is 0 Å². The molecule has 0 aliphatic carbocycles. The molecule has 0 aromatic heterocycles. The molecule has 0 saturated heterocycles. The number of anilines is 1. The smallest absolute Gasteiger partial charge is 0.386 e. The maximum Gasteiger partial charge on any atom is 0.647 e. The zero-order valence-electron chi connectivity index (χ0n) is 18.8.